The summed E-state index contributed by atoms with van der Waals surface area (Å²) in [5.74, 6) is 0.462. The maximum Gasteiger partial charge on any atom is 0.297 e. The minimum absolute atomic E-state index is 0.0947. The average molecular weight is 461 g/mol. The molecule has 0 saturated carbocycles. The fraction of sp³-hybridized carbons (Fsp3) is 0.304. The Bertz CT molecular complexity index is 1230. The van der Waals surface area contributed by atoms with Crippen molar-refractivity contribution in [3.8, 4) is 5.75 Å². The van der Waals surface area contributed by atoms with Crippen molar-refractivity contribution in [3.63, 3.8) is 0 Å². The Labute approximate surface area is 183 Å². The SMILES string of the molecule is Cc1ccc(S(=O)(=O)OC[C@H]2CCc3ccc(S(=O)(=O)C4C=CC=CC4)cc3O2)cc1. The molecule has 0 amide bonds. The molecule has 2 aliphatic rings. The Morgan fingerprint density at radius 3 is 2.45 bits per heavy atom. The van der Waals surface area contributed by atoms with Crippen molar-refractivity contribution in [1.82, 2.24) is 0 Å². The molecule has 0 N–H and O–H groups in total. The third kappa shape index (κ3) is 4.76. The second-order valence-electron chi connectivity index (χ2n) is 7.73. The molecule has 6 nitrogen and oxygen atoms in total. The largest absolute Gasteiger partial charge is 0.488 e. The van der Waals surface area contributed by atoms with E-state index in [0.29, 0.717) is 25.0 Å². The van der Waals surface area contributed by atoms with E-state index in [4.69, 9.17) is 8.92 Å². The first-order valence-electron chi connectivity index (χ1n) is 10.1. The minimum atomic E-state index is -3.89. The molecule has 4 rings (SSSR count). The maximum absolute atomic E-state index is 12.9. The van der Waals surface area contributed by atoms with Gasteiger partial charge in [0.15, 0.2) is 9.84 Å². The van der Waals surface area contributed by atoms with Crippen LogP contribution < -0.4 is 4.74 Å². The average Bonchev–Trinajstić information content (AvgIpc) is 2.78. The van der Waals surface area contributed by atoms with Gasteiger partial charge in [0, 0.05) is 0 Å². The van der Waals surface area contributed by atoms with Crippen LogP contribution in [0.25, 0.3) is 0 Å². The molecule has 2 atom stereocenters. The molecular formula is C23H24O6S2. The molecule has 2 aromatic rings. The van der Waals surface area contributed by atoms with Crippen LogP contribution in [0.3, 0.4) is 0 Å². The summed E-state index contributed by atoms with van der Waals surface area (Å²) in [6.45, 7) is 1.74. The fourth-order valence-corrected chi connectivity index (χ4v) is 6.08. The van der Waals surface area contributed by atoms with Crippen LogP contribution in [0.5, 0.6) is 5.75 Å². The van der Waals surface area contributed by atoms with Gasteiger partial charge in [0.2, 0.25) is 0 Å². The van der Waals surface area contributed by atoms with Crippen molar-refractivity contribution in [2.24, 2.45) is 0 Å². The summed E-state index contributed by atoms with van der Waals surface area (Å²) < 4.78 is 61.9. The van der Waals surface area contributed by atoms with Gasteiger partial charge < -0.3 is 4.74 Å². The van der Waals surface area contributed by atoms with Gasteiger partial charge in [-0.1, -0.05) is 48.1 Å². The van der Waals surface area contributed by atoms with Gasteiger partial charge in [-0.05, 0) is 56.0 Å². The molecule has 1 aliphatic carbocycles. The van der Waals surface area contributed by atoms with E-state index < -0.39 is 31.3 Å². The first-order chi connectivity index (χ1) is 14.8. The molecule has 2 aromatic carbocycles. The zero-order valence-electron chi connectivity index (χ0n) is 17.1. The Morgan fingerprint density at radius 2 is 1.74 bits per heavy atom. The van der Waals surface area contributed by atoms with Crippen LogP contribution in [0, 0.1) is 6.92 Å². The Kier molecular flexibility index (Phi) is 6.05. The highest BCUT2D eigenvalue weighted by atomic mass is 32.2. The van der Waals surface area contributed by atoms with Crippen LogP contribution in [0.1, 0.15) is 24.0 Å². The van der Waals surface area contributed by atoms with Crippen LogP contribution in [0.2, 0.25) is 0 Å². The molecule has 0 saturated heterocycles. The van der Waals surface area contributed by atoms with Crippen molar-refractivity contribution in [2.45, 2.75) is 47.3 Å². The standard InChI is InChI=1S/C23H24O6S2/c1-17-7-12-21(13-8-17)31(26,27)28-16-19-11-9-18-10-14-22(15-23(18)29-19)30(24,25)20-5-3-2-4-6-20/h2-5,7-8,10,12-15,19-20H,6,9,11,16H2,1H3/t19-,20?/m1/s1. The van der Waals surface area contributed by atoms with Gasteiger partial charge in [-0.2, -0.15) is 8.42 Å². The fourth-order valence-electron chi connectivity index (χ4n) is 3.60. The number of aryl methyl sites for hydroxylation is 2. The number of sulfone groups is 1. The highest BCUT2D eigenvalue weighted by Crippen LogP contribution is 2.32. The number of fused-ring (bicyclic) bond motifs is 1. The van der Waals surface area contributed by atoms with Gasteiger partial charge in [0.05, 0.1) is 15.0 Å². The van der Waals surface area contributed by atoms with Crippen LogP contribution in [-0.2, 0) is 30.6 Å². The predicted molar refractivity (Wildman–Crippen MR) is 117 cm³/mol. The van der Waals surface area contributed by atoms with Crippen molar-refractivity contribution >= 4 is 20.0 Å². The zero-order valence-corrected chi connectivity index (χ0v) is 18.7. The molecule has 1 aliphatic heterocycles. The summed E-state index contributed by atoms with van der Waals surface area (Å²) in [6.07, 6.45) is 8.27. The molecule has 0 fully saturated rings. The maximum atomic E-state index is 12.9. The van der Waals surface area contributed by atoms with E-state index in [1.165, 1.54) is 18.2 Å². The second-order valence-corrected chi connectivity index (χ2v) is 11.5. The Morgan fingerprint density at radius 1 is 1.00 bits per heavy atom. The number of ether oxygens (including phenoxy) is 1. The lowest BCUT2D eigenvalue weighted by atomic mass is 10.0. The first kappa shape index (κ1) is 21.8. The molecule has 164 valence electrons. The number of hydrogen-bond acceptors (Lipinski definition) is 6. The molecule has 0 spiro atoms. The Hall–Kier alpha value is -2.42. The van der Waals surface area contributed by atoms with Gasteiger partial charge in [-0.25, -0.2) is 8.42 Å². The molecule has 1 heterocycles. The van der Waals surface area contributed by atoms with Crippen molar-refractivity contribution < 1.29 is 25.8 Å². The second kappa shape index (κ2) is 8.61. The predicted octanol–water partition coefficient (Wildman–Crippen LogP) is 3.75. The quantitative estimate of drug-likeness (QED) is 0.610. The van der Waals surface area contributed by atoms with Crippen molar-refractivity contribution in [1.29, 1.82) is 0 Å². The molecule has 0 radical (unpaired) electrons. The molecule has 8 heteroatoms. The van der Waals surface area contributed by atoms with E-state index in [0.717, 1.165) is 11.1 Å². The van der Waals surface area contributed by atoms with Gasteiger partial charge in [0.25, 0.3) is 10.1 Å². The number of hydrogen-bond donors (Lipinski definition) is 0. The van der Waals surface area contributed by atoms with Crippen LogP contribution in [0.15, 0.2) is 76.6 Å². The van der Waals surface area contributed by atoms with E-state index in [1.54, 1.807) is 36.4 Å². The van der Waals surface area contributed by atoms with Gasteiger partial charge in [-0.15, -0.1) is 0 Å². The highest BCUT2D eigenvalue weighted by molar-refractivity contribution is 7.92. The minimum Gasteiger partial charge on any atom is -0.488 e. The van der Waals surface area contributed by atoms with E-state index in [1.807, 2.05) is 19.1 Å². The lowest BCUT2D eigenvalue weighted by molar-refractivity contribution is 0.112. The van der Waals surface area contributed by atoms with Crippen molar-refractivity contribution in [3.05, 3.63) is 77.9 Å². The zero-order chi connectivity index (χ0) is 22.1. The molecule has 0 bridgehead atoms. The molecule has 31 heavy (non-hydrogen) atoms. The van der Waals surface area contributed by atoms with Gasteiger partial charge in [-0.3, -0.25) is 4.18 Å². The summed E-state index contributed by atoms with van der Waals surface area (Å²) in [7, 11) is -7.42. The lowest BCUT2D eigenvalue weighted by Gasteiger charge is -2.26. The van der Waals surface area contributed by atoms with Gasteiger partial charge in [0.1, 0.15) is 18.5 Å². The van der Waals surface area contributed by atoms with Crippen LogP contribution in [-0.4, -0.2) is 34.8 Å². The smallest absolute Gasteiger partial charge is 0.297 e. The summed E-state index contributed by atoms with van der Waals surface area (Å²) in [4.78, 5) is 0.294. The summed E-state index contributed by atoms with van der Waals surface area (Å²) in [6, 6.07) is 11.4. The normalized spacial score (nSPS) is 20.8. The van der Waals surface area contributed by atoms with Crippen LogP contribution >= 0.6 is 0 Å². The monoisotopic (exact) mass is 460 g/mol. The summed E-state index contributed by atoms with van der Waals surface area (Å²) in [5, 5.41) is -0.599. The van der Waals surface area contributed by atoms with E-state index in [2.05, 4.69) is 0 Å². The number of allylic oxidation sites excluding steroid dienone is 3. The molecule has 1 unspecified atom stereocenters. The van der Waals surface area contributed by atoms with Gasteiger partial charge >= 0.3 is 0 Å². The Balaban J connectivity index is 1.47. The van der Waals surface area contributed by atoms with E-state index in [9.17, 15) is 16.8 Å². The third-order valence-corrected chi connectivity index (χ3v) is 8.81. The lowest BCUT2D eigenvalue weighted by Crippen LogP contribution is -2.29. The first-order valence-corrected chi connectivity index (χ1v) is 13.0. The highest BCUT2D eigenvalue weighted by Gasteiger charge is 2.29. The van der Waals surface area contributed by atoms with E-state index >= 15 is 0 Å². The molecule has 0 aromatic heterocycles. The topological polar surface area (TPSA) is 86.7 Å². The third-order valence-electron chi connectivity index (χ3n) is 5.46. The molecular weight excluding hydrogens is 436 g/mol. The summed E-state index contributed by atoms with van der Waals surface area (Å²) in [5.41, 5.74) is 1.85. The number of rotatable bonds is 6. The van der Waals surface area contributed by atoms with Crippen LogP contribution in [0.4, 0.5) is 0 Å². The number of benzene rings is 2. The summed E-state index contributed by atoms with van der Waals surface area (Å²) >= 11 is 0. The van der Waals surface area contributed by atoms with E-state index in [-0.39, 0.29) is 16.4 Å². The van der Waals surface area contributed by atoms with Crippen molar-refractivity contribution in [2.75, 3.05) is 6.61 Å².